The molecule has 3 N–H and O–H groups in total. The second-order valence-electron chi connectivity index (χ2n) is 18.9. The molecule has 0 unspecified atom stereocenters. The number of rotatable bonds is 3. The van der Waals surface area contributed by atoms with Crippen LogP contribution in [0.15, 0.2) is 0 Å². The lowest BCUT2D eigenvalue weighted by Crippen LogP contribution is -2.64. The fourth-order valence-corrected chi connectivity index (χ4v) is 14.6. The number of esters is 1. The standard InChI is InChI=1S/C37H56O10/c1-18-12-37(30-33(6,47-30)17-43-37)46-21-13-32(5)23-9-8-22-31(3,4)24(45-29-28(41)27(40)20(39)15-42-29)10-11-35(22)16-36(23,35)14-25(44-19(2)38)34(32,7)26(18)21/h18,20-30,39-41H,8-17H2,1-7H3/t18-,20-,21+,22+,23+,24+,25-,26+,27+,28-,29+,30+,32+,33+,34-,35-,36+,37+/m1/s1. The number of carbonyl (C=O) groups is 1. The van der Waals surface area contributed by atoms with Gasteiger partial charge in [0, 0.05) is 18.8 Å². The van der Waals surface area contributed by atoms with Gasteiger partial charge in [-0.15, -0.1) is 0 Å². The summed E-state index contributed by atoms with van der Waals surface area (Å²) in [7, 11) is 0. The van der Waals surface area contributed by atoms with Gasteiger partial charge < -0.3 is 43.7 Å². The Morgan fingerprint density at radius 3 is 2.30 bits per heavy atom. The Kier molecular flexibility index (Phi) is 6.50. The largest absolute Gasteiger partial charge is 0.462 e. The van der Waals surface area contributed by atoms with Crippen molar-refractivity contribution in [2.75, 3.05) is 13.2 Å². The molecule has 4 saturated heterocycles. The zero-order chi connectivity index (χ0) is 33.3. The molecule has 9 aliphatic rings. The molecule has 0 radical (unpaired) electrons. The monoisotopic (exact) mass is 660 g/mol. The van der Waals surface area contributed by atoms with Gasteiger partial charge in [-0.2, -0.15) is 0 Å². The van der Waals surface area contributed by atoms with Crippen LogP contribution in [0.1, 0.15) is 99.8 Å². The lowest BCUT2D eigenvalue weighted by atomic mass is 9.41. The van der Waals surface area contributed by atoms with Crippen LogP contribution in [-0.4, -0.2) is 94.9 Å². The molecule has 5 saturated carbocycles. The maximum atomic E-state index is 12.9. The topological polar surface area (TPSA) is 136 Å². The van der Waals surface area contributed by atoms with Crippen LogP contribution in [-0.2, 0) is 33.2 Å². The summed E-state index contributed by atoms with van der Waals surface area (Å²) in [5.74, 6) is 0.642. The number of aliphatic hydroxyl groups is 3. The zero-order valence-electron chi connectivity index (χ0n) is 29.2. The minimum Gasteiger partial charge on any atom is -0.462 e. The van der Waals surface area contributed by atoms with Gasteiger partial charge in [-0.25, -0.2) is 0 Å². The molecule has 0 aromatic carbocycles. The Morgan fingerprint density at radius 1 is 0.872 bits per heavy atom. The molecule has 5 aliphatic carbocycles. The summed E-state index contributed by atoms with van der Waals surface area (Å²) < 4.78 is 38.4. The van der Waals surface area contributed by atoms with Crippen LogP contribution in [0.2, 0.25) is 0 Å². The van der Waals surface area contributed by atoms with Crippen LogP contribution >= 0.6 is 0 Å². The van der Waals surface area contributed by atoms with Gasteiger partial charge in [-0.1, -0.05) is 34.6 Å². The van der Waals surface area contributed by atoms with Crippen LogP contribution < -0.4 is 0 Å². The maximum Gasteiger partial charge on any atom is 0.302 e. The summed E-state index contributed by atoms with van der Waals surface area (Å²) in [6.07, 6.45) is 2.89. The first kappa shape index (κ1) is 32.1. The lowest BCUT2D eigenvalue weighted by Gasteiger charge is -2.65. The second-order valence-corrected chi connectivity index (χ2v) is 18.9. The fraction of sp³-hybridized carbons (Fsp3) is 0.973. The average molecular weight is 661 g/mol. The normalized spacial score (nSPS) is 62.8. The van der Waals surface area contributed by atoms with Gasteiger partial charge in [0.25, 0.3) is 0 Å². The van der Waals surface area contributed by atoms with E-state index < -0.39 is 30.4 Å². The van der Waals surface area contributed by atoms with Gasteiger partial charge in [0.2, 0.25) is 0 Å². The molecule has 264 valence electrons. The van der Waals surface area contributed by atoms with E-state index in [0.717, 1.165) is 51.4 Å². The number of hydrogen-bond acceptors (Lipinski definition) is 10. The van der Waals surface area contributed by atoms with Crippen LogP contribution in [0.4, 0.5) is 0 Å². The Morgan fingerprint density at radius 2 is 1.62 bits per heavy atom. The van der Waals surface area contributed by atoms with Crippen molar-refractivity contribution in [2.45, 2.75) is 160 Å². The molecule has 4 aliphatic heterocycles. The SMILES string of the molecule is CC(=O)O[C@@H]1C[C@@]23C[C@@]24CC[C@H](O[C@@H]2OC[C@@H](O)[C@H](O)[C@H]2O)C(C)(C)[C@@H]4CC[C@H]3[C@]2(C)C[C@@H]3O[C@]4(C[C@@H](C)[C@@H]3[C@@]12C)OC[C@]1(C)O[C@H]41. The number of fused-ring (bicyclic) bond motifs is 6. The molecule has 10 heteroatoms. The lowest BCUT2D eigenvalue weighted by molar-refractivity contribution is -0.309. The van der Waals surface area contributed by atoms with E-state index in [0.29, 0.717) is 24.4 Å². The molecule has 3 spiro atoms. The van der Waals surface area contributed by atoms with Crippen LogP contribution in [0.5, 0.6) is 0 Å². The summed E-state index contributed by atoms with van der Waals surface area (Å²) in [6, 6.07) is 0. The van der Waals surface area contributed by atoms with Crippen molar-refractivity contribution in [3.63, 3.8) is 0 Å². The van der Waals surface area contributed by atoms with E-state index in [1.54, 1.807) is 6.92 Å². The van der Waals surface area contributed by atoms with Crippen molar-refractivity contribution >= 4 is 5.97 Å². The Hall–Kier alpha value is -0.850. The number of hydrogen-bond donors (Lipinski definition) is 3. The number of epoxide rings is 1. The molecule has 0 amide bonds. The molecule has 4 heterocycles. The van der Waals surface area contributed by atoms with Gasteiger partial charge in [0.1, 0.15) is 36.1 Å². The Balaban J connectivity index is 1.03. The molecular formula is C37H56O10. The quantitative estimate of drug-likeness (QED) is 0.234. The molecule has 0 aromatic rings. The number of ether oxygens (including phenoxy) is 6. The van der Waals surface area contributed by atoms with Crippen molar-refractivity contribution in [3.05, 3.63) is 0 Å². The summed E-state index contributed by atoms with van der Waals surface area (Å²) >= 11 is 0. The van der Waals surface area contributed by atoms with Gasteiger partial charge in [-0.05, 0) is 97.2 Å². The molecule has 0 bridgehead atoms. The third-order valence-electron chi connectivity index (χ3n) is 16.6. The predicted octanol–water partition coefficient (Wildman–Crippen LogP) is 3.71. The van der Waals surface area contributed by atoms with Crippen molar-refractivity contribution in [1.29, 1.82) is 0 Å². The number of aliphatic hydroxyl groups excluding tert-OH is 3. The van der Waals surface area contributed by atoms with Crippen LogP contribution in [0, 0.1) is 50.7 Å². The van der Waals surface area contributed by atoms with Crippen molar-refractivity contribution in [3.8, 4) is 0 Å². The predicted molar refractivity (Wildman–Crippen MR) is 166 cm³/mol. The first-order valence-electron chi connectivity index (χ1n) is 18.5. The summed E-state index contributed by atoms with van der Waals surface area (Å²) in [5.41, 5.74) is -0.492. The van der Waals surface area contributed by atoms with E-state index >= 15 is 0 Å². The highest BCUT2D eigenvalue weighted by Gasteiger charge is 2.86. The fourth-order valence-electron chi connectivity index (χ4n) is 14.6. The third-order valence-corrected chi connectivity index (χ3v) is 16.6. The average Bonchev–Trinajstić information content (AvgIpc) is 3.81. The minimum absolute atomic E-state index is 0.00697. The summed E-state index contributed by atoms with van der Waals surface area (Å²) in [5, 5.41) is 31.0. The molecule has 0 aromatic heterocycles. The summed E-state index contributed by atoms with van der Waals surface area (Å²) in [6.45, 7) is 16.1. The van der Waals surface area contributed by atoms with E-state index in [4.69, 9.17) is 28.4 Å². The molecule has 9 fully saturated rings. The van der Waals surface area contributed by atoms with Crippen LogP contribution in [0.25, 0.3) is 0 Å². The van der Waals surface area contributed by atoms with E-state index in [2.05, 4.69) is 41.5 Å². The van der Waals surface area contributed by atoms with E-state index in [9.17, 15) is 20.1 Å². The molecule has 9 rings (SSSR count). The number of carbonyl (C=O) groups excluding carboxylic acids is 1. The van der Waals surface area contributed by atoms with E-state index in [-0.39, 0.29) is 75.6 Å². The Bertz CT molecular complexity index is 1360. The highest BCUT2D eigenvalue weighted by Crippen LogP contribution is 2.89. The zero-order valence-corrected chi connectivity index (χ0v) is 29.2. The van der Waals surface area contributed by atoms with Gasteiger partial charge in [-0.3, -0.25) is 4.79 Å². The second kappa shape index (κ2) is 9.52. The highest BCUT2D eigenvalue weighted by atomic mass is 16.8. The van der Waals surface area contributed by atoms with E-state index in [1.807, 2.05) is 0 Å². The first-order chi connectivity index (χ1) is 22.0. The highest BCUT2D eigenvalue weighted by molar-refractivity contribution is 5.66. The molecule has 18 atom stereocenters. The maximum absolute atomic E-state index is 12.9. The van der Waals surface area contributed by atoms with Gasteiger partial charge >= 0.3 is 5.97 Å². The van der Waals surface area contributed by atoms with Gasteiger partial charge in [0.15, 0.2) is 12.1 Å². The molecular weight excluding hydrogens is 604 g/mol. The van der Waals surface area contributed by atoms with Crippen molar-refractivity contribution in [1.82, 2.24) is 0 Å². The molecule has 10 nitrogen and oxygen atoms in total. The molecule has 47 heavy (non-hydrogen) atoms. The van der Waals surface area contributed by atoms with E-state index in [1.165, 1.54) is 0 Å². The minimum atomic E-state index is -1.29. The van der Waals surface area contributed by atoms with Crippen molar-refractivity contribution in [2.24, 2.45) is 50.7 Å². The Labute approximate surface area is 278 Å². The van der Waals surface area contributed by atoms with Crippen LogP contribution in [0.3, 0.4) is 0 Å². The summed E-state index contributed by atoms with van der Waals surface area (Å²) in [4.78, 5) is 12.9. The van der Waals surface area contributed by atoms with Gasteiger partial charge in [0.05, 0.1) is 25.4 Å². The first-order valence-corrected chi connectivity index (χ1v) is 18.5. The smallest absolute Gasteiger partial charge is 0.302 e. The third kappa shape index (κ3) is 3.78. The van der Waals surface area contributed by atoms with Crippen molar-refractivity contribution < 1.29 is 48.5 Å².